The fraction of sp³-hybridized carbons (Fsp3) is 0.333. The topological polar surface area (TPSA) is 82.9 Å². The monoisotopic (exact) mass is 177 g/mol. The van der Waals surface area contributed by atoms with Gasteiger partial charge in [-0.15, -0.1) is 0 Å². The van der Waals surface area contributed by atoms with E-state index in [9.17, 15) is 5.11 Å². The van der Waals surface area contributed by atoms with Gasteiger partial charge in [0, 0.05) is 12.4 Å². The second kappa shape index (κ2) is 3.99. The molecule has 2 atom stereocenters. The highest BCUT2D eigenvalue weighted by atomic mass is 16.3. The van der Waals surface area contributed by atoms with E-state index in [1.165, 1.54) is 6.20 Å². The van der Waals surface area contributed by atoms with Gasteiger partial charge in [-0.1, -0.05) is 0 Å². The molecule has 1 aromatic heterocycles. The normalized spacial score (nSPS) is 14.6. The largest absolute Gasteiger partial charge is 0.391 e. The Kier molecular flexibility index (Phi) is 2.96. The Morgan fingerprint density at radius 2 is 2.31 bits per heavy atom. The van der Waals surface area contributed by atoms with Gasteiger partial charge in [0.2, 0.25) is 0 Å². The summed E-state index contributed by atoms with van der Waals surface area (Å²) in [5.41, 5.74) is 6.79. The van der Waals surface area contributed by atoms with Crippen molar-refractivity contribution < 1.29 is 5.11 Å². The maximum Gasteiger partial charge on any atom is 0.101 e. The van der Waals surface area contributed by atoms with E-state index in [0.29, 0.717) is 11.1 Å². The summed E-state index contributed by atoms with van der Waals surface area (Å²) < 4.78 is 0. The van der Waals surface area contributed by atoms with Gasteiger partial charge in [-0.3, -0.25) is 4.98 Å². The minimum absolute atomic E-state index is 0.452. The van der Waals surface area contributed by atoms with Gasteiger partial charge in [0.25, 0.3) is 0 Å². The van der Waals surface area contributed by atoms with E-state index in [1.807, 2.05) is 6.07 Å². The first-order chi connectivity index (χ1) is 6.15. The molecule has 0 unspecified atom stereocenters. The van der Waals surface area contributed by atoms with Crippen LogP contribution in [0.25, 0.3) is 0 Å². The summed E-state index contributed by atoms with van der Waals surface area (Å²) in [7, 11) is 0. The maximum atomic E-state index is 9.20. The SMILES string of the molecule is C[C@H](O)[C@H](N)c1cncc(C#N)c1. The number of nitrogens with two attached hydrogens (primary N) is 1. The summed E-state index contributed by atoms with van der Waals surface area (Å²) in [6.45, 7) is 1.60. The van der Waals surface area contributed by atoms with E-state index in [0.717, 1.165) is 0 Å². The molecule has 3 N–H and O–H groups in total. The van der Waals surface area contributed by atoms with Gasteiger partial charge in [0.1, 0.15) is 6.07 Å². The molecule has 0 aliphatic rings. The third-order valence-corrected chi connectivity index (χ3v) is 1.79. The van der Waals surface area contributed by atoms with E-state index in [2.05, 4.69) is 4.98 Å². The molecule has 0 fully saturated rings. The summed E-state index contributed by atoms with van der Waals surface area (Å²) in [6.07, 6.45) is 2.37. The van der Waals surface area contributed by atoms with Crippen molar-refractivity contribution in [3.8, 4) is 6.07 Å². The predicted molar refractivity (Wildman–Crippen MR) is 47.6 cm³/mol. The van der Waals surface area contributed by atoms with Crippen LogP contribution >= 0.6 is 0 Å². The number of aromatic nitrogens is 1. The molecule has 0 spiro atoms. The van der Waals surface area contributed by atoms with Crippen molar-refractivity contribution in [2.75, 3.05) is 0 Å². The summed E-state index contributed by atoms with van der Waals surface area (Å²) in [4.78, 5) is 3.85. The molecule has 0 aromatic carbocycles. The molecule has 0 aliphatic heterocycles. The average molecular weight is 177 g/mol. The first-order valence-corrected chi connectivity index (χ1v) is 3.94. The van der Waals surface area contributed by atoms with Crippen molar-refractivity contribution in [3.05, 3.63) is 29.6 Å². The lowest BCUT2D eigenvalue weighted by Crippen LogP contribution is -2.23. The van der Waals surface area contributed by atoms with Gasteiger partial charge in [-0.05, 0) is 18.6 Å². The van der Waals surface area contributed by atoms with Gasteiger partial charge < -0.3 is 10.8 Å². The van der Waals surface area contributed by atoms with Gasteiger partial charge in [-0.25, -0.2) is 0 Å². The Morgan fingerprint density at radius 3 is 2.85 bits per heavy atom. The number of aliphatic hydroxyl groups excluding tert-OH is 1. The Bertz CT molecular complexity index is 330. The van der Waals surface area contributed by atoms with Crippen molar-refractivity contribution in [2.24, 2.45) is 5.73 Å². The number of aliphatic hydroxyl groups is 1. The zero-order valence-corrected chi connectivity index (χ0v) is 7.31. The first-order valence-electron chi connectivity index (χ1n) is 3.94. The molecular formula is C9H11N3O. The lowest BCUT2D eigenvalue weighted by atomic mass is 10.0. The second-order valence-corrected chi connectivity index (χ2v) is 2.89. The maximum absolute atomic E-state index is 9.20. The molecule has 0 aliphatic carbocycles. The van der Waals surface area contributed by atoms with Crippen molar-refractivity contribution >= 4 is 0 Å². The van der Waals surface area contributed by atoms with Crippen LogP contribution in [0.2, 0.25) is 0 Å². The number of rotatable bonds is 2. The molecule has 1 heterocycles. The third-order valence-electron chi connectivity index (χ3n) is 1.79. The summed E-state index contributed by atoms with van der Waals surface area (Å²) in [5.74, 6) is 0. The first kappa shape index (κ1) is 9.65. The molecule has 0 saturated carbocycles. The molecule has 0 saturated heterocycles. The van der Waals surface area contributed by atoms with Gasteiger partial charge in [-0.2, -0.15) is 5.26 Å². The smallest absolute Gasteiger partial charge is 0.101 e. The van der Waals surface area contributed by atoms with Crippen molar-refractivity contribution in [1.29, 1.82) is 5.26 Å². The fourth-order valence-electron chi connectivity index (χ4n) is 0.980. The zero-order chi connectivity index (χ0) is 9.84. The van der Waals surface area contributed by atoms with E-state index in [-0.39, 0.29) is 0 Å². The predicted octanol–water partition coefficient (Wildman–Crippen LogP) is 0.334. The van der Waals surface area contributed by atoms with E-state index >= 15 is 0 Å². The molecule has 0 bridgehead atoms. The van der Waals surface area contributed by atoms with Crippen LogP contribution in [0.1, 0.15) is 24.1 Å². The van der Waals surface area contributed by atoms with Crippen LogP contribution in [0.4, 0.5) is 0 Å². The van der Waals surface area contributed by atoms with Crippen LogP contribution < -0.4 is 5.73 Å². The molecule has 13 heavy (non-hydrogen) atoms. The van der Waals surface area contributed by atoms with Crippen molar-refractivity contribution in [3.63, 3.8) is 0 Å². The quantitative estimate of drug-likeness (QED) is 0.682. The van der Waals surface area contributed by atoms with Crippen molar-refractivity contribution in [1.82, 2.24) is 4.98 Å². The molecular weight excluding hydrogens is 166 g/mol. The highest BCUT2D eigenvalue weighted by Crippen LogP contribution is 2.13. The Balaban J connectivity index is 2.96. The number of nitriles is 1. The van der Waals surface area contributed by atoms with Crippen molar-refractivity contribution in [2.45, 2.75) is 19.1 Å². The van der Waals surface area contributed by atoms with Gasteiger partial charge >= 0.3 is 0 Å². The number of hydrogen-bond acceptors (Lipinski definition) is 4. The molecule has 4 nitrogen and oxygen atoms in total. The van der Waals surface area contributed by atoms with E-state index < -0.39 is 12.1 Å². The zero-order valence-electron chi connectivity index (χ0n) is 7.31. The standard InChI is InChI=1S/C9H11N3O/c1-6(13)9(11)8-2-7(3-10)4-12-5-8/h2,4-6,9,13H,11H2,1H3/t6-,9-/m0/s1. The molecule has 68 valence electrons. The Hall–Kier alpha value is -1.44. The van der Waals surface area contributed by atoms with E-state index in [4.69, 9.17) is 11.0 Å². The summed E-state index contributed by atoms with van der Waals surface area (Å²) in [5, 5.41) is 17.8. The number of nitrogens with zero attached hydrogens (tertiary/aromatic N) is 2. The summed E-state index contributed by atoms with van der Waals surface area (Å²) in [6, 6.07) is 3.11. The highest BCUT2D eigenvalue weighted by molar-refractivity contribution is 5.30. The summed E-state index contributed by atoms with van der Waals surface area (Å²) >= 11 is 0. The molecule has 1 aromatic rings. The molecule has 0 amide bonds. The second-order valence-electron chi connectivity index (χ2n) is 2.89. The minimum atomic E-state index is -0.643. The Morgan fingerprint density at radius 1 is 1.62 bits per heavy atom. The van der Waals surface area contributed by atoms with Crippen LogP contribution in [0.5, 0.6) is 0 Å². The lowest BCUT2D eigenvalue weighted by Gasteiger charge is -2.14. The molecule has 1 rings (SSSR count). The Labute approximate surface area is 76.6 Å². The van der Waals surface area contributed by atoms with Crippen LogP contribution in [0.3, 0.4) is 0 Å². The number of hydrogen-bond donors (Lipinski definition) is 2. The average Bonchev–Trinajstić information content (AvgIpc) is 2.16. The van der Waals surface area contributed by atoms with Crippen LogP contribution in [-0.2, 0) is 0 Å². The third kappa shape index (κ3) is 2.25. The molecule has 4 heteroatoms. The van der Waals surface area contributed by atoms with Crippen LogP contribution in [0.15, 0.2) is 18.5 Å². The van der Waals surface area contributed by atoms with Crippen LogP contribution in [-0.4, -0.2) is 16.2 Å². The van der Waals surface area contributed by atoms with Gasteiger partial charge in [0.05, 0.1) is 17.7 Å². The fourth-order valence-corrected chi connectivity index (χ4v) is 0.980. The minimum Gasteiger partial charge on any atom is -0.391 e. The number of pyridine rings is 1. The molecule has 0 radical (unpaired) electrons. The highest BCUT2D eigenvalue weighted by Gasteiger charge is 2.12. The van der Waals surface area contributed by atoms with Crippen LogP contribution in [0, 0.1) is 11.3 Å². The van der Waals surface area contributed by atoms with E-state index in [1.54, 1.807) is 19.2 Å². The van der Waals surface area contributed by atoms with Gasteiger partial charge in [0.15, 0.2) is 0 Å². The lowest BCUT2D eigenvalue weighted by molar-refractivity contribution is 0.164.